The van der Waals surface area contributed by atoms with E-state index < -0.39 is 11.9 Å². The number of carboxylic acid groups (broad SMARTS) is 1. The van der Waals surface area contributed by atoms with E-state index in [9.17, 15) is 14.7 Å². The third-order valence-corrected chi connectivity index (χ3v) is 4.81. The average molecular weight is 387 g/mol. The van der Waals surface area contributed by atoms with Gasteiger partial charge in [-0.2, -0.15) is 4.98 Å². The van der Waals surface area contributed by atoms with E-state index in [4.69, 9.17) is 9.26 Å². The van der Waals surface area contributed by atoms with Gasteiger partial charge in [0.15, 0.2) is 0 Å². The predicted molar refractivity (Wildman–Crippen MR) is 101 cm³/mol. The van der Waals surface area contributed by atoms with Gasteiger partial charge in [-0.05, 0) is 43.5 Å². The number of carbonyl (C=O) groups excluding carboxylic acids is 1. The van der Waals surface area contributed by atoms with Crippen molar-refractivity contribution in [1.29, 1.82) is 0 Å². The van der Waals surface area contributed by atoms with E-state index in [1.165, 1.54) is 0 Å². The number of amides is 1. The number of carboxylic acids is 1. The summed E-state index contributed by atoms with van der Waals surface area (Å²) < 4.78 is 10.7. The topological polar surface area (TPSA) is 106 Å². The molecule has 2 aromatic rings. The number of carbonyl (C=O) groups is 2. The van der Waals surface area contributed by atoms with Crippen molar-refractivity contribution in [1.82, 2.24) is 15.0 Å². The molecule has 0 radical (unpaired) electrons. The van der Waals surface area contributed by atoms with Crippen molar-refractivity contribution in [3.63, 3.8) is 0 Å². The minimum atomic E-state index is -0.846. The van der Waals surface area contributed by atoms with E-state index in [0.717, 1.165) is 11.3 Å². The van der Waals surface area contributed by atoms with Crippen molar-refractivity contribution in [3.8, 4) is 17.1 Å². The van der Waals surface area contributed by atoms with Gasteiger partial charge >= 0.3 is 5.97 Å². The maximum atomic E-state index is 12.5. The van der Waals surface area contributed by atoms with Crippen LogP contribution in [0, 0.1) is 11.8 Å². The van der Waals surface area contributed by atoms with Crippen molar-refractivity contribution < 1.29 is 24.0 Å². The van der Waals surface area contributed by atoms with E-state index >= 15 is 0 Å². The lowest BCUT2D eigenvalue weighted by atomic mass is 9.90. The van der Waals surface area contributed by atoms with E-state index in [1.807, 2.05) is 38.1 Å². The lowest BCUT2D eigenvalue weighted by Crippen LogP contribution is -2.45. The number of nitrogens with zero attached hydrogens (tertiary/aromatic N) is 3. The second kappa shape index (κ2) is 8.86. The van der Waals surface area contributed by atoms with Gasteiger partial charge in [0.05, 0.1) is 12.5 Å². The highest BCUT2D eigenvalue weighted by Gasteiger charge is 2.31. The first-order valence-electron chi connectivity index (χ1n) is 9.52. The fraction of sp³-hybridized carbons (Fsp3) is 0.500. The van der Waals surface area contributed by atoms with Gasteiger partial charge < -0.3 is 19.3 Å². The zero-order chi connectivity index (χ0) is 20.1. The molecular weight excluding hydrogens is 362 g/mol. The molecule has 3 rings (SSSR count). The summed E-state index contributed by atoms with van der Waals surface area (Å²) in [6.07, 6.45) is 1.14. The van der Waals surface area contributed by atoms with Crippen LogP contribution in [-0.4, -0.2) is 51.7 Å². The van der Waals surface area contributed by atoms with Crippen molar-refractivity contribution in [3.05, 3.63) is 30.2 Å². The van der Waals surface area contributed by atoms with E-state index in [2.05, 4.69) is 10.1 Å². The average Bonchev–Trinajstić information content (AvgIpc) is 3.15. The summed E-state index contributed by atoms with van der Waals surface area (Å²) in [5.74, 6) is 0.367. The van der Waals surface area contributed by atoms with Gasteiger partial charge in [0.1, 0.15) is 5.75 Å². The molecule has 1 aliphatic rings. The lowest BCUT2D eigenvalue weighted by molar-refractivity contribution is -0.146. The van der Waals surface area contributed by atoms with Crippen LogP contribution >= 0.6 is 0 Å². The third-order valence-electron chi connectivity index (χ3n) is 4.81. The molecule has 2 unspecified atom stereocenters. The van der Waals surface area contributed by atoms with Gasteiger partial charge in [-0.15, -0.1) is 0 Å². The second-order valence-corrected chi connectivity index (χ2v) is 7.14. The van der Waals surface area contributed by atoms with Gasteiger partial charge in [0.25, 0.3) is 0 Å². The van der Waals surface area contributed by atoms with Crippen LogP contribution in [0.25, 0.3) is 11.4 Å². The highest BCUT2D eigenvalue weighted by molar-refractivity contribution is 5.78. The van der Waals surface area contributed by atoms with Crippen molar-refractivity contribution in [2.45, 2.75) is 33.1 Å². The van der Waals surface area contributed by atoms with Crippen molar-refractivity contribution in [2.75, 3.05) is 19.7 Å². The molecule has 1 aromatic heterocycles. The highest BCUT2D eigenvalue weighted by Crippen LogP contribution is 2.23. The van der Waals surface area contributed by atoms with Gasteiger partial charge in [-0.1, -0.05) is 12.1 Å². The third kappa shape index (κ3) is 4.88. The van der Waals surface area contributed by atoms with Gasteiger partial charge in [-0.3, -0.25) is 9.59 Å². The number of piperidine rings is 1. The zero-order valence-corrected chi connectivity index (χ0v) is 16.1. The van der Waals surface area contributed by atoms with Crippen molar-refractivity contribution in [2.24, 2.45) is 11.8 Å². The van der Waals surface area contributed by atoms with Crippen LogP contribution in [0.3, 0.4) is 0 Å². The van der Waals surface area contributed by atoms with Crippen LogP contribution in [0.4, 0.5) is 0 Å². The van der Waals surface area contributed by atoms with Crippen LogP contribution in [-0.2, 0) is 16.0 Å². The number of hydrogen-bond acceptors (Lipinski definition) is 6. The number of ether oxygens (including phenoxy) is 1. The Kier molecular flexibility index (Phi) is 6.28. The highest BCUT2D eigenvalue weighted by atomic mass is 16.5. The Hall–Kier alpha value is -2.90. The summed E-state index contributed by atoms with van der Waals surface area (Å²) in [5.41, 5.74) is 0.805. The number of aryl methyl sites for hydroxylation is 1. The SMILES string of the molecule is CCOc1ccc(-c2noc(CCC(=O)N3CC(C)CC(C(=O)O)C3)n2)cc1. The molecular formula is C20H25N3O5. The van der Waals surface area contributed by atoms with Crippen LogP contribution in [0.1, 0.15) is 32.6 Å². The van der Waals surface area contributed by atoms with E-state index in [0.29, 0.717) is 37.7 Å². The molecule has 0 bridgehead atoms. The van der Waals surface area contributed by atoms with Crippen LogP contribution in [0.15, 0.2) is 28.8 Å². The van der Waals surface area contributed by atoms with Crippen molar-refractivity contribution >= 4 is 11.9 Å². The normalized spacial score (nSPS) is 19.4. The molecule has 0 aliphatic carbocycles. The molecule has 1 aromatic carbocycles. The van der Waals surface area contributed by atoms with E-state index in [1.54, 1.807) is 4.90 Å². The Morgan fingerprint density at radius 1 is 1.29 bits per heavy atom. The molecule has 2 heterocycles. The number of aliphatic carboxylic acids is 1. The molecule has 8 heteroatoms. The number of rotatable bonds is 7. The molecule has 0 saturated carbocycles. The summed E-state index contributed by atoms with van der Waals surface area (Å²) in [7, 11) is 0. The predicted octanol–water partition coefficient (Wildman–Crippen LogP) is 2.64. The van der Waals surface area contributed by atoms with Gasteiger partial charge in [0.2, 0.25) is 17.6 Å². The molecule has 150 valence electrons. The first-order valence-corrected chi connectivity index (χ1v) is 9.52. The summed E-state index contributed by atoms with van der Waals surface area (Å²) in [5, 5.41) is 13.2. The largest absolute Gasteiger partial charge is 0.494 e. The Morgan fingerprint density at radius 3 is 2.71 bits per heavy atom. The van der Waals surface area contributed by atoms with E-state index in [-0.39, 0.29) is 24.8 Å². The smallest absolute Gasteiger partial charge is 0.308 e. The molecule has 1 saturated heterocycles. The number of likely N-dealkylation sites (tertiary alicyclic amines) is 1. The summed E-state index contributed by atoms with van der Waals surface area (Å²) >= 11 is 0. The minimum Gasteiger partial charge on any atom is -0.494 e. The maximum Gasteiger partial charge on any atom is 0.308 e. The van der Waals surface area contributed by atoms with Gasteiger partial charge in [0, 0.05) is 31.5 Å². The fourth-order valence-corrected chi connectivity index (χ4v) is 3.45. The van der Waals surface area contributed by atoms with Gasteiger partial charge in [-0.25, -0.2) is 0 Å². The molecule has 1 amide bonds. The Balaban J connectivity index is 1.56. The molecule has 1 fully saturated rings. The van der Waals surface area contributed by atoms with Crippen LogP contribution in [0.5, 0.6) is 5.75 Å². The second-order valence-electron chi connectivity index (χ2n) is 7.14. The van der Waals surface area contributed by atoms with Crippen LogP contribution in [0.2, 0.25) is 0 Å². The Morgan fingerprint density at radius 2 is 2.04 bits per heavy atom. The zero-order valence-electron chi connectivity index (χ0n) is 16.1. The Labute approximate surface area is 163 Å². The monoisotopic (exact) mass is 387 g/mol. The number of aromatic nitrogens is 2. The number of hydrogen-bond donors (Lipinski definition) is 1. The Bertz CT molecular complexity index is 818. The first-order chi connectivity index (χ1) is 13.5. The summed E-state index contributed by atoms with van der Waals surface area (Å²) in [6.45, 7) is 5.34. The molecule has 2 atom stereocenters. The number of benzene rings is 1. The maximum absolute atomic E-state index is 12.5. The summed E-state index contributed by atoms with van der Waals surface area (Å²) in [6, 6.07) is 7.39. The lowest BCUT2D eigenvalue weighted by Gasteiger charge is -2.34. The first kappa shape index (κ1) is 19.9. The summed E-state index contributed by atoms with van der Waals surface area (Å²) in [4.78, 5) is 29.7. The quantitative estimate of drug-likeness (QED) is 0.778. The fourth-order valence-electron chi connectivity index (χ4n) is 3.45. The van der Waals surface area contributed by atoms with Crippen LogP contribution < -0.4 is 4.74 Å². The molecule has 8 nitrogen and oxygen atoms in total. The minimum absolute atomic E-state index is 0.0846. The molecule has 0 spiro atoms. The molecule has 28 heavy (non-hydrogen) atoms. The molecule has 1 aliphatic heterocycles. The molecule has 1 N–H and O–H groups in total. The standard InChI is InChI=1S/C20H25N3O5/c1-3-27-16-6-4-14(5-7-16)19-21-17(28-22-19)8-9-18(24)23-11-13(2)10-15(12-23)20(25)26/h4-7,13,15H,3,8-12H2,1-2H3,(H,25,26).